The summed E-state index contributed by atoms with van der Waals surface area (Å²) in [6.45, 7) is 16.0. The first-order valence-corrected chi connectivity index (χ1v) is 7.60. The molecule has 16 heavy (non-hydrogen) atoms. The Balaban J connectivity index is 0.00000106. The van der Waals surface area contributed by atoms with E-state index in [-0.39, 0.29) is 0 Å². The molecular formula is C16H34. The summed E-state index contributed by atoms with van der Waals surface area (Å²) in [5, 5.41) is 0. The lowest BCUT2D eigenvalue weighted by Gasteiger charge is -2.41. The summed E-state index contributed by atoms with van der Waals surface area (Å²) in [4.78, 5) is 0. The van der Waals surface area contributed by atoms with Crippen LogP contribution in [0.3, 0.4) is 0 Å². The van der Waals surface area contributed by atoms with Gasteiger partial charge in [0.15, 0.2) is 0 Å². The standard InChI is InChI=1S/C14H28.C2H6/c1-6-12-9-13(10(3)4)8-11(5)14(12)7-2;1-2/h10-14H,6-9H2,1-5H3;1-2H3. The van der Waals surface area contributed by atoms with Gasteiger partial charge in [-0.25, -0.2) is 0 Å². The van der Waals surface area contributed by atoms with Gasteiger partial charge in [0.2, 0.25) is 0 Å². The first kappa shape index (κ1) is 16.0. The molecule has 0 aromatic carbocycles. The molecule has 0 bridgehead atoms. The average Bonchev–Trinajstić information content (AvgIpc) is 2.30. The van der Waals surface area contributed by atoms with E-state index in [4.69, 9.17) is 0 Å². The lowest BCUT2D eigenvalue weighted by Crippen LogP contribution is -2.32. The van der Waals surface area contributed by atoms with Gasteiger partial charge in [0, 0.05) is 0 Å². The van der Waals surface area contributed by atoms with E-state index in [1.54, 1.807) is 0 Å². The van der Waals surface area contributed by atoms with E-state index in [1.165, 1.54) is 25.7 Å². The van der Waals surface area contributed by atoms with Gasteiger partial charge < -0.3 is 0 Å². The number of rotatable bonds is 3. The first-order chi connectivity index (χ1) is 7.60. The van der Waals surface area contributed by atoms with E-state index in [1.807, 2.05) is 13.8 Å². The van der Waals surface area contributed by atoms with E-state index in [9.17, 15) is 0 Å². The molecule has 0 nitrogen and oxygen atoms in total. The molecule has 0 heterocycles. The van der Waals surface area contributed by atoms with Crippen LogP contribution in [-0.4, -0.2) is 0 Å². The SMILES string of the molecule is CC.CCC1CC(C(C)C)CC(C)C1CC. The molecule has 1 fully saturated rings. The third-order valence-corrected chi connectivity index (χ3v) is 4.56. The summed E-state index contributed by atoms with van der Waals surface area (Å²) in [5.74, 6) is 4.87. The third-order valence-electron chi connectivity index (χ3n) is 4.56. The summed E-state index contributed by atoms with van der Waals surface area (Å²) in [6.07, 6.45) is 5.76. The highest BCUT2D eigenvalue weighted by molar-refractivity contribution is 4.84. The molecular weight excluding hydrogens is 192 g/mol. The fourth-order valence-electron chi connectivity index (χ4n) is 3.53. The van der Waals surface area contributed by atoms with Gasteiger partial charge in [-0.1, -0.05) is 61.3 Å². The minimum atomic E-state index is 0.893. The van der Waals surface area contributed by atoms with Gasteiger partial charge in [-0.3, -0.25) is 0 Å². The molecule has 4 atom stereocenters. The molecule has 0 aromatic rings. The highest BCUT2D eigenvalue weighted by atomic mass is 14.4. The van der Waals surface area contributed by atoms with Gasteiger partial charge >= 0.3 is 0 Å². The normalized spacial score (nSPS) is 34.5. The van der Waals surface area contributed by atoms with E-state index < -0.39 is 0 Å². The predicted molar refractivity (Wildman–Crippen MR) is 75.6 cm³/mol. The molecule has 0 heteroatoms. The summed E-state index contributed by atoms with van der Waals surface area (Å²) in [5.41, 5.74) is 0. The Morgan fingerprint density at radius 2 is 1.56 bits per heavy atom. The average molecular weight is 226 g/mol. The van der Waals surface area contributed by atoms with Crippen LogP contribution in [0, 0.1) is 29.6 Å². The second-order valence-electron chi connectivity index (χ2n) is 5.69. The summed E-state index contributed by atoms with van der Waals surface area (Å²) < 4.78 is 0. The Kier molecular flexibility index (Phi) is 8.14. The lowest BCUT2D eigenvalue weighted by atomic mass is 9.64. The smallest absolute Gasteiger partial charge is 0.0363 e. The topological polar surface area (TPSA) is 0 Å². The van der Waals surface area contributed by atoms with E-state index in [0.29, 0.717) is 0 Å². The molecule has 1 aliphatic rings. The highest BCUT2D eigenvalue weighted by Crippen LogP contribution is 2.43. The minimum Gasteiger partial charge on any atom is -0.0683 e. The van der Waals surface area contributed by atoms with Crippen LogP contribution in [0.1, 0.15) is 74.1 Å². The van der Waals surface area contributed by atoms with Crippen molar-refractivity contribution in [2.24, 2.45) is 29.6 Å². The second-order valence-corrected chi connectivity index (χ2v) is 5.69. The maximum Gasteiger partial charge on any atom is -0.0363 e. The molecule has 0 amide bonds. The molecule has 98 valence electrons. The zero-order valence-corrected chi connectivity index (χ0v) is 12.7. The van der Waals surface area contributed by atoms with Crippen molar-refractivity contribution in [3.63, 3.8) is 0 Å². The Labute approximate surface area is 104 Å². The van der Waals surface area contributed by atoms with Crippen LogP contribution < -0.4 is 0 Å². The third kappa shape index (κ3) is 4.11. The van der Waals surface area contributed by atoms with Gasteiger partial charge in [0.25, 0.3) is 0 Å². The Morgan fingerprint density at radius 3 is 1.94 bits per heavy atom. The van der Waals surface area contributed by atoms with Crippen LogP contribution in [0.15, 0.2) is 0 Å². The Bertz CT molecular complexity index is 159. The van der Waals surface area contributed by atoms with Gasteiger partial charge in [0.1, 0.15) is 0 Å². The van der Waals surface area contributed by atoms with Crippen molar-refractivity contribution in [2.75, 3.05) is 0 Å². The number of hydrogen-bond donors (Lipinski definition) is 0. The molecule has 0 spiro atoms. The van der Waals surface area contributed by atoms with Crippen molar-refractivity contribution < 1.29 is 0 Å². The molecule has 0 N–H and O–H groups in total. The molecule has 0 aliphatic heterocycles. The van der Waals surface area contributed by atoms with Crippen LogP contribution in [0.2, 0.25) is 0 Å². The van der Waals surface area contributed by atoms with Crippen LogP contribution in [0.25, 0.3) is 0 Å². The summed E-state index contributed by atoms with van der Waals surface area (Å²) >= 11 is 0. The predicted octanol–water partition coefficient (Wildman–Crippen LogP) is 5.77. The monoisotopic (exact) mass is 226 g/mol. The summed E-state index contributed by atoms with van der Waals surface area (Å²) in [7, 11) is 0. The molecule has 4 unspecified atom stereocenters. The maximum atomic E-state index is 2.48. The molecule has 1 saturated carbocycles. The van der Waals surface area contributed by atoms with Crippen LogP contribution in [-0.2, 0) is 0 Å². The van der Waals surface area contributed by atoms with E-state index in [0.717, 1.165) is 29.6 Å². The number of hydrogen-bond acceptors (Lipinski definition) is 0. The molecule has 0 aromatic heterocycles. The van der Waals surface area contributed by atoms with Crippen molar-refractivity contribution in [3.8, 4) is 0 Å². The largest absolute Gasteiger partial charge is 0.0683 e. The van der Waals surface area contributed by atoms with Gasteiger partial charge in [-0.05, 0) is 42.4 Å². The second kappa shape index (κ2) is 8.14. The Hall–Kier alpha value is 0. The lowest BCUT2D eigenvalue weighted by molar-refractivity contribution is 0.0861. The van der Waals surface area contributed by atoms with Crippen molar-refractivity contribution in [3.05, 3.63) is 0 Å². The first-order valence-electron chi connectivity index (χ1n) is 7.60. The minimum absolute atomic E-state index is 0.893. The molecule has 1 aliphatic carbocycles. The Morgan fingerprint density at radius 1 is 1.00 bits per heavy atom. The van der Waals surface area contributed by atoms with E-state index >= 15 is 0 Å². The van der Waals surface area contributed by atoms with Gasteiger partial charge in [-0.2, -0.15) is 0 Å². The van der Waals surface area contributed by atoms with Crippen molar-refractivity contribution in [2.45, 2.75) is 74.1 Å². The van der Waals surface area contributed by atoms with E-state index in [2.05, 4.69) is 34.6 Å². The van der Waals surface area contributed by atoms with Crippen molar-refractivity contribution in [1.29, 1.82) is 0 Å². The van der Waals surface area contributed by atoms with Crippen LogP contribution in [0.4, 0.5) is 0 Å². The molecule has 1 rings (SSSR count). The molecule has 0 radical (unpaired) electrons. The fourth-order valence-corrected chi connectivity index (χ4v) is 3.53. The summed E-state index contributed by atoms with van der Waals surface area (Å²) in [6, 6.07) is 0. The van der Waals surface area contributed by atoms with Crippen molar-refractivity contribution in [1.82, 2.24) is 0 Å². The van der Waals surface area contributed by atoms with Gasteiger partial charge in [0.05, 0.1) is 0 Å². The van der Waals surface area contributed by atoms with Crippen LogP contribution >= 0.6 is 0 Å². The maximum absolute atomic E-state index is 2.48. The van der Waals surface area contributed by atoms with Gasteiger partial charge in [-0.15, -0.1) is 0 Å². The zero-order chi connectivity index (χ0) is 12.7. The fraction of sp³-hybridized carbons (Fsp3) is 1.00. The quantitative estimate of drug-likeness (QED) is 0.573. The zero-order valence-electron chi connectivity index (χ0n) is 12.7. The van der Waals surface area contributed by atoms with Crippen molar-refractivity contribution >= 4 is 0 Å². The van der Waals surface area contributed by atoms with Crippen LogP contribution in [0.5, 0.6) is 0 Å². The highest BCUT2D eigenvalue weighted by Gasteiger charge is 2.34. The molecule has 0 saturated heterocycles.